The van der Waals surface area contributed by atoms with E-state index in [1.807, 2.05) is 6.07 Å². The minimum absolute atomic E-state index is 0.150. The predicted molar refractivity (Wildman–Crippen MR) is 98.2 cm³/mol. The van der Waals surface area contributed by atoms with Gasteiger partial charge in [0.05, 0.1) is 11.5 Å². The van der Waals surface area contributed by atoms with Gasteiger partial charge in [-0.3, -0.25) is 4.98 Å². The van der Waals surface area contributed by atoms with E-state index >= 15 is 0 Å². The first-order valence-corrected chi connectivity index (χ1v) is 9.36. The monoisotopic (exact) mass is 378 g/mol. The summed E-state index contributed by atoms with van der Waals surface area (Å²) in [4.78, 5) is 16.0. The molecule has 1 aromatic heterocycles. The summed E-state index contributed by atoms with van der Waals surface area (Å²) in [6, 6.07) is 9.25. The average molecular weight is 378 g/mol. The fraction of sp³-hybridized carbons (Fsp3) is 0.294. The van der Waals surface area contributed by atoms with Crippen LogP contribution in [0.3, 0.4) is 0 Å². The van der Waals surface area contributed by atoms with Crippen LogP contribution in [-0.2, 0) is 21.3 Å². The molecule has 0 unspecified atom stereocenters. The van der Waals surface area contributed by atoms with Crippen LogP contribution in [0.5, 0.6) is 0 Å². The lowest BCUT2D eigenvalue weighted by molar-refractivity contribution is 0.185. The Morgan fingerprint density at radius 2 is 1.96 bits per heavy atom. The molecule has 9 heteroatoms. The zero-order chi connectivity index (χ0) is 19.0. The first-order valence-electron chi connectivity index (χ1n) is 7.92. The fourth-order valence-electron chi connectivity index (χ4n) is 2.09. The van der Waals surface area contributed by atoms with Crippen molar-refractivity contribution in [2.45, 2.75) is 11.4 Å². The molecule has 0 radical (unpaired) electrons. The lowest BCUT2D eigenvalue weighted by Gasteiger charge is -2.17. The lowest BCUT2D eigenvalue weighted by Crippen LogP contribution is -2.30. The second-order valence-corrected chi connectivity index (χ2v) is 7.56. The summed E-state index contributed by atoms with van der Waals surface area (Å²) in [6.07, 6.45) is 3.33. The molecule has 26 heavy (non-hydrogen) atoms. The van der Waals surface area contributed by atoms with Gasteiger partial charge >= 0.3 is 6.03 Å². The van der Waals surface area contributed by atoms with Gasteiger partial charge in [0.1, 0.15) is 0 Å². The van der Waals surface area contributed by atoms with E-state index in [1.54, 1.807) is 30.6 Å². The number of carbonyl (C=O) groups is 1. The quantitative estimate of drug-likeness (QED) is 0.728. The van der Waals surface area contributed by atoms with Crippen molar-refractivity contribution >= 4 is 21.7 Å². The molecule has 0 saturated heterocycles. The second kappa shape index (κ2) is 9.27. The molecule has 0 bridgehead atoms. The van der Waals surface area contributed by atoms with Crippen LogP contribution in [0.2, 0.25) is 0 Å². The van der Waals surface area contributed by atoms with Crippen molar-refractivity contribution in [2.75, 3.05) is 32.6 Å². The Morgan fingerprint density at radius 1 is 1.23 bits per heavy atom. The highest BCUT2D eigenvalue weighted by Crippen LogP contribution is 2.17. The van der Waals surface area contributed by atoms with Crippen LogP contribution in [0.25, 0.3) is 0 Å². The maximum Gasteiger partial charge on any atom is 0.319 e. The molecule has 0 atom stereocenters. The Hall–Kier alpha value is -2.49. The Bertz CT molecular complexity index is 810. The van der Waals surface area contributed by atoms with Gasteiger partial charge in [0, 0.05) is 45.3 Å². The number of sulfonamides is 1. The third-order valence-electron chi connectivity index (χ3n) is 3.61. The number of anilines is 1. The Kier molecular flexibility index (Phi) is 7.07. The van der Waals surface area contributed by atoms with E-state index in [0.29, 0.717) is 18.8 Å². The topological polar surface area (TPSA) is 101 Å². The largest absolute Gasteiger partial charge is 0.383 e. The number of nitrogens with zero attached hydrogens (tertiary/aromatic N) is 2. The third kappa shape index (κ3) is 5.51. The number of hydrogen-bond donors (Lipinski definition) is 2. The number of hydrogen-bond acceptors (Lipinski definition) is 5. The summed E-state index contributed by atoms with van der Waals surface area (Å²) in [5.74, 6) is 0. The standard InChI is InChI=1S/C17H22N4O4S/c1-21(10-11-25-2)26(23,24)16-7-5-15(6-8-16)20-17(22)19-13-14-4-3-9-18-12-14/h3-9,12H,10-11,13H2,1-2H3,(H2,19,20,22). The van der Waals surface area contributed by atoms with Crippen LogP contribution in [0.1, 0.15) is 5.56 Å². The number of aromatic nitrogens is 1. The number of ether oxygens (including phenoxy) is 1. The predicted octanol–water partition coefficient (Wildman–Crippen LogP) is 1.67. The minimum atomic E-state index is -3.58. The van der Waals surface area contributed by atoms with Gasteiger partial charge in [-0.2, -0.15) is 4.31 Å². The van der Waals surface area contributed by atoms with Crippen LogP contribution in [0, 0.1) is 0 Å². The van der Waals surface area contributed by atoms with Gasteiger partial charge in [-0.05, 0) is 35.9 Å². The molecule has 0 fully saturated rings. The molecular weight excluding hydrogens is 356 g/mol. The third-order valence-corrected chi connectivity index (χ3v) is 5.48. The maximum absolute atomic E-state index is 12.4. The molecule has 1 heterocycles. The number of methoxy groups -OCH3 is 1. The molecule has 1 aromatic carbocycles. The fourth-order valence-corrected chi connectivity index (χ4v) is 3.25. The number of benzene rings is 1. The SMILES string of the molecule is COCCN(C)S(=O)(=O)c1ccc(NC(=O)NCc2cccnc2)cc1. The van der Waals surface area contributed by atoms with Crippen molar-refractivity contribution < 1.29 is 17.9 Å². The van der Waals surface area contributed by atoms with Gasteiger partial charge in [-0.1, -0.05) is 6.07 Å². The smallest absolute Gasteiger partial charge is 0.319 e. The number of carbonyl (C=O) groups excluding carboxylic acids is 1. The molecule has 2 aromatic rings. The number of urea groups is 1. The molecule has 0 saturated carbocycles. The molecule has 140 valence electrons. The summed E-state index contributed by atoms with van der Waals surface area (Å²) in [5.41, 5.74) is 1.37. The number of amides is 2. The summed E-state index contributed by atoms with van der Waals surface area (Å²) >= 11 is 0. The van der Waals surface area contributed by atoms with E-state index in [4.69, 9.17) is 4.74 Å². The molecule has 0 spiro atoms. The molecule has 0 aliphatic rings. The Balaban J connectivity index is 1.93. The first kappa shape index (κ1) is 19.8. The average Bonchev–Trinajstić information content (AvgIpc) is 2.65. The Labute approximate surface area is 153 Å². The highest BCUT2D eigenvalue weighted by Gasteiger charge is 2.20. The van der Waals surface area contributed by atoms with Crippen LogP contribution >= 0.6 is 0 Å². The highest BCUT2D eigenvalue weighted by atomic mass is 32.2. The van der Waals surface area contributed by atoms with Crippen molar-refractivity contribution in [2.24, 2.45) is 0 Å². The van der Waals surface area contributed by atoms with Crippen molar-refractivity contribution in [3.05, 3.63) is 54.4 Å². The lowest BCUT2D eigenvalue weighted by atomic mass is 10.3. The van der Waals surface area contributed by atoms with Gasteiger partial charge in [0.25, 0.3) is 0 Å². The first-order chi connectivity index (χ1) is 12.4. The van der Waals surface area contributed by atoms with Gasteiger partial charge in [-0.25, -0.2) is 13.2 Å². The molecule has 0 aliphatic carbocycles. The molecule has 8 nitrogen and oxygen atoms in total. The number of rotatable bonds is 8. The molecule has 0 aliphatic heterocycles. The van der Waals surface area contributed by atoms with E-state index in [9.17, 15) is 13.2 Å². The van der Waals surface area contributed by atoms with Crippen molar-refractivity contribution in [3.63, 3.8) is 0 Å². The molecule has 2 rings (SSSR count). The number of pyridine rings is 1. The van der Waals surface area contributed by atoms with Gasteiger partial charge in [-0.15, -0.1) is 0 Å². The van der Waals surface area contributed by atoms with E-state index < -0.39 is 10.0 Å². The highest BCUT2D eigenvalue weighted by molar-refractivity contribution is 7.89. The summed E-state index contributed by atoms with van der Waals surface area (Å²) < 4.78 is 30.9. The van der Waals surface area contributed by atoms with Gasteiger partial charge in [0.15, 0.2) is 0 Å². The van der Waals surface area contributed by atoms with Gasteiger partial charge in [0.2, 0.25) is 10.0 Å². The van der Waals surface area contributed by atoms with Crippen LogP contribution in [-0.4, -0.2) is 51.0 Å². The van der Waals surface area contributed by atoms with Gasteiger partial charge < -0.3 is 15.4 Å². The number of likely N-dealkylation sites (N-methyl/N-ethyl adjacent to an activating group) is 1. The Morgan fingerprint density at radius 3 is 2.58 bits per heavy atom. The molecule has 2 amide bonds. The summed E-state index contributed by atoms with van der Waals surface area (Å²) in [5, 5.41) is 5.36. The van der Waals surface area contributed by atoms with E-state index in [0.717, 1.165) is 5.56 Å². The molecular formula is C17H22N4O4S. The van der Waals surface area contributed by atoms with Crippen LogP contribution in [0.15, 0.2) is 53.7 Å². The minimum Gasteiger partial charge on any atom is -0.383 e. The van der Waals surface area contributed by atoms with E-state index in [2.05, 4.69) is 15.6 Å². The zero-order valence-electron chi connectivity index (χ0n) is 14.7. The second-order valence-electron chi connectivity index (χ2n) is 5.51. The van der Waals surface area contributed by atoms with Crippen molar-refractivity contribution in [1.29, 1.82) is 0 Å². The number of nitrogens with one attached hydrogen (secondary N) is 2. The zero-order valence-corrected chi connectivity index (χ0v) is 15.5. The van der Waals surface area contributed by atoms with Crippen molar-refractivity contribution in [3.8, 4) is 0 Å². The summed E-state index contributed by atoms with van der Waals surface area (Å²) in [7, 11) is -0.578. The molecule has 2 N–H and O–H groups in total. The summed E-state index contributed by atoms with van der Waals surface area (Å²) in [6.45, 7) is 0.915. The van der Waals surface area contributed by atoms with Crippen LogP contribution in [0.4, 0.5) is 10.5 Å². The maximum atomic E-state index is 12.4. The van der Waals surface area contributed by atoms with E-state index in [1.165, 1.54) is 30.6 Å². The van der Waals surface area contributed by atoms with E-state index in [-0.39, 0.29) is 17.5 Å². The van der Waals surface area contributed by atoms with Crippen molar-refractivity contribution in [1.82, 2.24) is 14.6 Å². The normalized spacial score (nSPS) is 11.3. The van der Waals surface area contributed by atoms with Crippen LogP contribution < -0.4 is 10.6 Å².